The predicted molar refractivity (Wildman–Crippen MR) is 97.1 cm³/mol. The van der Waals surface area contributed by atoms with Crippen LogP contribution >= 0.6 is 22.9 Å². The average molecular weight is 373 g/mol. The first-order valence-corrected chi connectivity index (χ1v) is 8.47. The summed E-state index contributed by atoms with van der Waals surface area (Å²) in [5.41, 5.74) is 6.61. The number of aromatic nitrogens is 2. The van der Waals surface area contributed by atoms with E-state index in [1.54, 1.807) is 6.20 Å². The number of pyridine rings is 1. The highest BCUT2D eigenvalue weighted by atomic mass is 35.5. The summed E-state index contributed by atoms with van der Waals surface area (Å²) in [4.78, 5) is 32.2. The zero-order valence-corrected chi connectivity index (χ0v) is 14.5. The number of nitrogens with zero attached hydrogens (tertiary/aromatic N) is 2. The number of nitrogens with one attached hydrogen (secondary N) is 1. The molecule has 2 heterocycles. The van der Waals surface area contributed by atoms with Gasteiger partial charge in [0.05, 0.1) is 5.56 Å². The van der Waals surface area contributed by atoms with Crippen LogP contribution < -0.4 is 11.1 Å². The summed E-state index contributed by atoms with van der Waals surface area (Å²) in [6.45, 7) is 0. The van der Waals surface area contributed by atoms with Gasteiger partial charge in [-0.2, -0.15) is 0 Å². The van der Waals surface area contributed by atoms with Gasteiger partial charge in [0, 0.05) is 28.7 Å². The second-order valence-corrected chi connectivity index (χ2v) is 6.74. The number of carbonyl (C=O) groups is 2. The minimum Gasteiger partial charge on any atom is -0.364 e. The fourth-order valence-corrected chi connectivity index (χ4v) is 3.19. The highest BCUT2D eigenvalue weighted by Crippen LogP contribution is 2.23. The van der Waals surface area contributed by atoms with E-state index in [0.29, 0.717) is 22.1 Å². The van der Waals surface area contributed by atoms with Crippen LogP contribution in [0.3, 0.4) is 0 Å². The maximum Gasteiger partial charge on any atom is 0.267 e. The molecule has 0 bridgehead atoms. The van der Waals surface area contributed by atoms with Crippen LogP contribution in [0.2, 0.25) is 5.02 Å². The van der Waals surface area contributed by atoms with E-state index in [1.807, 2.05) is 24.3 Å². The minimum atomic E-state index is -0.641. The summed E-state index contributed by atoms with van der Waals surface area (Å²) >= 11 is 7.36. The van der Waals surface area contributed by atoms with E-state index in [-0.39, 0.29) is 11.6 Å². The third kappa shape index (κ3) is 4.40. The van der Waals surface area contributed by atoms with Crippen molar-refractivity contribution in [3.63, 3.8) is 0 Å². The predicted octanol–water partition coefficient (Wildman–Crippen LogP) is 3.13. The lowest BCUT2D eigenvalue weighted by molar-refractivity contribution is 0.0990. The first-order valence-electron chi connectivity index (χ1n) is 7.27. The smallest absolute Gasteiger partial charge is 0.267 e. The molecule has 0 saturated carbocycles. The fraction of sp³-hybridized carbons (Fsp3) is 0.0588. The molecule has 0 aliphatic heterocycles. The highest BCUT2D eigenvalue weighted by molar-refractivity contribution is 7.15. The van der Waals surface area contributed by atoms with Crippen molar-refractivity contribution in [1.82, 2.24) is 9.97 Å². The first kappa shape index (κ1) is 17.1. The Morgan fingerprint density at radius 2 is 2.00 bits per heavy atom. The van der Waals surface area contributed by atoms with Crippen molar-refractivity contribution in [3.8, 4) is 0 Å². The lowest BCUT2D eigenvalue weighted by Gasteiger charge is -2.02. The Morgan fingerprint density at radius 1 is 1.16 bits per heavy atom. The van der Waals surface area contributed by atoms with Gasteiger partial charge in [0.2, 0.25) is 0 Å². The molecule has 126 valence electrons. The van der Waals surface area contributed by atoms with Crippen molar-refractivity contribution < 1.29 is 9.59 Å². The number of hydrogen-bond donors (Lipinski definition) is 2. The van der Waals surface area contributed by atoms with E-state index in [1.165, 1.54) is 29.7 Å². The summed E-state index contributed by atoms with van der Waals surface area (Å²) in [7, 11) is 0. The molecule has 0 aliphatic rings. The van der Waals surface area contributed by atoms with Gasteiger partial charge in [-0.25, -0.2) is 4.98 Å². The van der Waals surface area contributed by atoms with Gasteiger partial charge in [-0.05, 0) is 29.8 Å². The lowest BCUT2D eigenvalue weighted by atomic mass is 10.1. The van der Waals surface area contributed by atoms with Crippen LogP contribution in [-0.4, -0.2) is 21.8 Å². The lowest BCUT2D eigenvalue weighted by Crippen LogP contribution is -2.15. The number of rotatable bonds is 5. The molecule has 0 radical (unpaired) electrons. The second-order valence-electron chi connectivity index (χ2n) is 5.19. The molecule has 3 rings (SSSR count). The molecule has 0 fully saturated rings. The van der Waals surface area contributed by atoms with Gasteiger partial charge < -0.3 is 5.73 Å². The van der Waals surface area contributed by atoms with E-state index in [2.05, 4.69) is 15.3 Å². The van der Waals surface area contributed by atoms with Gasteiger partial charge >= 0.3 is 0 Å². The number of thiazole rings is 1. The van der Waals surface area contributed by atoms with Crippen LogP contribution in [0.25, 0.3) is 0 Å². The van der Waals surface area contributed by atoms with Crippen molar-refractivity contribution in [3.05, 3.63) is 75.5 Å². The summed E-state index contributed by atoms with van der Waals surface area (Å²) in [6.07, 6.45) is 3.70. The minimum absolute atomic E-state index is 0.106. The number of primary amides is 1. The Hall–Kier alpha value is -2.77. The monoisotopic (exact) mass is 372 g/mol. The quantitative estimate of drug-likeness (QED) is 0.718. The number of halogens is 1. The molecule has 2 amide bonds. The Kier molecular flexibility index (Phi) is 5.06. The van der Waals surface area contributed by atoms with Gasteiger partial charge in [0.1, 0.15) is 5.69 Å². The Morgan fingerprint density at radius 3 is 2.68 bits per heavy atom. The largest absolute Gasteiger partial charge is 0.364 e. The SMILES string of the molecule is NC(=O)c1ccc(C(=O)Nc2ncc(Cc3cccc(Cl)c3)s2)cn1. The zero-order chi connectivity index (χ0) is 17.8. The Bertz CT molecular complexity index is 924. The molecule has 3 aromatic rings. The van der Waals surface area contributed by atoms with Crippen molar-refractivity contribution in [2.24, 2.45) is 5.73 Å². The van der Waals surface area contributed by atoms with E-state index in [9.17, 15) is 9.59 Å². The van der Waals surface area contributed by atoms with E-state index in [4.69, 9.17) is 17.3 Å². The maximum atomic E-state index is 12.2. The van der Waals surface area contributed by atoms with Crippen LogP contribution in [0.15, 0.2) is 48.8 Å². The molecule has 6 nitrogen and oxygen atoms in total. The summed E-state index contributed by atoms with van der Waals surface area (Å²) in [5.74, 6) is -0.996. The standard InChI is InChI=1S/C17H13ClN4O2S/c18-12-3-1-2-10(6-12)7-13-9-21-17(25-13)22-16(24)11-4-5-14(15(19)23)20-8-11/h1-6,8-9H,7H2,(H2,19,23)(H,21,22,24). The number of benzene rings is 1. The number of nitrogens with two attached hydrogens (primary N) is 1. The van der Waals surface area contributed by atoms with Crippen LogP contribution in [0.1, 0.15) is 31.3 Å². The third-order valence-electron chi connectivity index (χ3n) is 3.32. The fourth-order valence-electron chi connectivity index (χ4n) is 2.14. The van der Waals surface area contributed by atoms with Crippen molar-refractivity contribution >= 4 is 39.9 Å². The van der Waals surface area contributed by atoms with Crippen LogP contribution in [0.5, 0.6) is 0 Å². The van der Waals surface area contributed by atoms with Gasteiger partial charge in [-0.3, -0.25) is 19.9 Å². The molecule has 3 N–H and O–H groups in total. The molecule has 8 heteroatoms. The summed E-state index contributed by atoms with van der Waals surface area (Å²) in [6, 6.07) is 10.5. The number of amides is 2. The molecule has 0 aliphatic carbocycles. The molecule has 0 saturated heterocycles. The van der Waals surface area contributed by atoms with Gasteiger partial charge in [0.15, 0.2) is 5.13 Å². The molecule has 0 atom stereocenters. The van der Waals surface area contributed by atoms with Crippen LogP contribution in [-0.2, 0) is 6.42 Å². The third-order valence-corrected chi connectivity index (χ3v) is 4.47. The van der Waals surface area contributed by atoms with Crippen molar-refractivity contribution in [2.75, 3.05) is 5.32 Å². The van der Waals surface area contributed by atoms with Gasteiger partial charge in [0.25, 0.3) is 11.8 Å². The molecule has 0 unspecified atom stereocenters. The van der Waals surface area contributed by atoms with Crippen LogP contribution in [0.4, 0.5) is 5.13 Å². The molecular formula is C17H13ClN4O2S. The van der Waals surface area contributed by atoms with Gasteiger partial charge in [-0.15, -0.1) is 11.3 Å². The number of anilines is 1. The van der Waals surface area contributed by atoms with E-state index in [0.717, 1.165) is 10.4 Å². The Labute approximate surface area is 152 Å². The molecule has 1 aromatic carbocycles. The van der Waals surface area contributed by atoms with Gasteiger partial charge in [-0.1, -0.05) is 23.7 Å². The molecular weight excluding hydrogens is 360 g/mol. The Balaban J connectivity index is 1.66. The number of carbonyl (C=O) groups excluding carboxylic acids is 2. The van der Waals surface area contributed by atoms with Crippen LogP contribution in [0, 0.1) is 0 Å². The zero-order valence-electron chi connectivity index (χ0n) is 12.9. The van der Waals surface area contributed by atoms with E-state index < -0.39 is 5.91 Å². The van der Waals surface area contributed by atoms with Crippen molar-refractivity contribution in [1.29, 1.82) is 0 Å². The normalized spacial score (nSPS) is 10.4. The number of hydrogen-bond acceptors (Lipinski definition) is 5. The van der Waals surface area contributed by atoms with Crippen molar-refractivity contribution in [2.45, 2.75) is 6.42 Å². The molecule has 25 heavy (non-hydrogen) atoms. The highest BCUT2D eigenvalue weighted by Gasteiger charge is 2.11. The first-order chi connectivity index (χ1) is 12.0. The maximum absolute atomic E-state index is 12.2. The summed E-state index contributed by atoms with van der Waals surface area (Å²) < 4.78 is 0. The second kappa shape index (κ2) is 7.42. The topological polar surface area (TPSA) is 98.0 Å². The van der Waals surface area contributed by atoms with E-state index >= 15 is 0 Å². The molecule has 0 spiro atoms. The molecule has 2 aromatic heterocycles. The average Bonchev–Trinajstić information content (AvgIpc) is 3.01. The summed E-state index contributed by atoms with van der Waals surface area (Å²) in [5, 5.41) is 3.88.